The molecular weight excluding hydrogens is 186 g/mol. The normalized spacial score (nSPS) is 10.3. The van der Waals surface area contributed by atoms with Crippen molar-refractivity contribution in [3.05, 3.63) is 0 Å². The first-order valence-corrected chi connectivity index (χ1v) is 6.58. The van der Waals surface area contributed by atoms with Crippen LogP contribution in [0.5, 0.6) is 0 Å². The van der Waals surface area contributed by atoms with Crippen LogP contribution in [0.15, 0.2) is 0 Å². The molecular formula is C13H27NO. The third-order valence-electron chi connectivity index (χ3n) is 2.61. The Labute approximate surface area is 94.8 Å². The van der Waals surface area contributed by atoms with Crippen molar-refractivity contribution in [1.82, 2.24) is 5.32 Å². The van der Waals surface area contributed by atoms with E-state index in [1.165, 1.54) is 38.5 Å². The van der Waals surface area contributed by atoms with Crippen molar-refractivity contribution in [2.45, 2.75) is 71.6 Å². The van der Waals surface area contributed by atoms with Gasteiger partial charge in [0.15, 0.2) is 0 Å². The molecule has 90 valence electrons. The van der Waals surface area contributed by atoms with Gasteiger partial charge in [-0.3, -0.25) is 4.79 Å². The lowest BCUT2D eigenvalue weighted by molar-refractivity contribution is -0.121. The van der Waals surface area contributed by atoms with Crippen molar-refractivity contribution in [2.75, 3.05) is 6.54 Å². The molecule has 0 rings (SSSR count). The van der Waals surface area contributed by atoms with Crippen molar-refractivity contribution < 1.29 is 4.79 Å². The Morgan fingerprint density at radius 1 is 0.867 bits per heavy atom. The van der Waals surface area contributed by atoms with E-state index in [0.29, 0.717) is 6.42 Å². The van der Waals surface area contributed by atoms with E-state index in [-0.39, 0.29) is 5.91 Å². The van der Waals surface area contributed by atoms with Gasteiger partial charge in [0.25, 0.3) is 0 Å². The number of hydrogen-bond donors (Lipinski definition) is 1. The van der Waals surface area contributed by atoms with Gasteiger partial charge in [-0.25, -0.2) is 0 Å². The molecule has 0 aromatic rings. The van der Waals surface area contributed by atoms with E-state index in [4.69, 9.17) is 0 Å². The third-order valence-corrected chi connectivity index (χ3v) is 2.61. The van der Waals surface area contributed by atoms with Crippen molar-refractivity contribution in [3.63, 3.8) is 0 Å². The number of carbonyl (C=O) groups excluding carboxylic acids is 1. The van der Waals surface area contributed by atoms with E-state index < -0.39 is 0 Å². The van der Waals surface area contributed by atoms with Gasteiger partial charge < -0.3 is 5.32 Å². The third kappa shape index (κ3) is 11.4. The van der Waals surface area contributed by atoms with Crippen LogP contribution in [0.3, 0.4) is 0 Å². The van der Waals surface area contributed by atoms with Crippen LogP contribution >= 0.6 is 0 Å². The summed E-state index contributed by atoms with van der Waals surface area (Å²) < 4.78 is 0. The van der Waals surface area contributed by atoms with Gasteiger partial charge in [0.05, 0.1) is 0 Å². The largest absolute Gasteiger partial charge is 0.356 e. The summed E-state index contributed by atoms with van der Waals surface area (Å²) in [4.78, 5) is 11.3. The average molecular weight is 213 g/mol. The molecule has 0 unspecified atom stereocenters. The molecule has 0 bridgehead atoms. The molecule has 1 amide bonds. The first-order valence-electron chi connectivity index (χ1n) is 6.58. The molecule has 0 heterocycles. The minimum absolute atomic E-state index is 0.235. The summed E-state index contributed by atoms with van der Waals surface area (Å²) >= 11 is 0. The molecule has 1 N–H and O–H groups in total. The summed E-state index contributed by atoms with van der Waals surface area (Å²) in [5.41, 5.74) is 0. The zero-order valence-electron chi connectivity index (χ0n) is 10.5. The predicted molar refractivity (Wildman–Crippen MR) is 65.9 cm³/mol. The number of amides is 1. The number of carbonyl (C=O) groups is 1. The Bertz CT molecular complexity index is 145. The molecule has 0 aliphatic rings. The Balaban J connectivity index is 3.10. The molecule has 0 aliphatic heterocycles. The van der Waals surface area contributed by atoms with Crippen LogP contribution in [0.25, 0.3) is 0 Å². The highest BCUT2D eigenvalue weighted by atomic mass is 16.1. The molecule has 0 spiro atoms. The van der Waals surface area contributed by atoms with Gasteiger partial charge in [0.2, 0.25) is 5.91 Å². The van der Waals surface area contributed by atoms with Gasteiger partial charge in [0.1, 0.15) is 0 Å². The Hall–Kier alpha value is -0.530. The van der Waals surface area contributed by atoms with Crippen molar-refractivity contribution in [2.24, 2.45) is 0 Å². The van der Waals surface area contributed by atoms with Crippen molar-refractivity contribution >= 4 is 5.91 Å². The zero-order valence-corrected chi connectivity index (χ0v) is 10.5. The number of hydrogen-bond acceptors (Lipinski definition) is 1. The molecule has 0 saturated carbocycles. The molecule has 15 heavy (non-hydrogen) atoms. The van der Waals surface area contributed by atoms with Crippen LogP contribution in [0, 0.1) is 0 Å². The van der Waals surface area contributed by atoms with Gasteiger partial charge in [-0.1, -0.05) is 52.4 Å². The first kappa shape index (κ1) is 14.5. The van der Waals surface area contributed by atoms with Gasteiger partial charge in [-0.05, 0) is 12.8 Å². The van der Waals surface area contributed by atoms with E-state index in [0.717, 1.165) is 19.4 Å². The van der Waals surface area contributed by atoms with Gasteiger partial charge >= 0.3 is 0 Å². The maximum atomic E-state index is 11.3. The summed E-state index contributed by atoms with van der Waals surface area (Å²) in [6.07, 6.45) is 10.4. The SMILES string of the molecule is CCCCCCCNC(=O)CCCCC. The van der Waals surface area contributed by atoms with Gasteiger partial charge in [0, 0.05) is 13.0 Å². The fraction of sp³-hybridized carbons (Fsp3) is 0.923. The van der Waals surface area contributed by atoms with Gasteiger partial charge in [-0.15, -0.1) is 0 Å². The lowest BCUT2D eigenvalue weighted by Crippen LogP contribution is -2.23. The fourth-order valence-corrected chi connectivity index (χ4v) is 1.58. The van der Waals surface area contributed by atoms with Crippen LogP contribution in [-0.2, 0) is 4.79 Å². The quantitative estimate of drug-likeness (QED) is 0.551. The van der Waals surface area contributed by atoms with Crippen molar-refractivity contribution in [1.29, 1.82) is 0 Å². The lowest BCUT2D eigenvalue weighted by atomic mass is 10.1. The summed E-state index contributed by atoms with van der Waals surface area (Å²) in [5, 5.41) is 2.98. The van der Waals surface area contributed by atoms with Crippen LogP contribution in [-0.4, -0.2) is 12.5 Å². The summed E-state index contributed by atoms with van der Waals surface area (Å²) in [5.74, 6) is 0.235. The van der Waals surface area contributed by atoms with Crippen LogP contribution in [0.2, 0.25) is 0 Å². The highest BCUT2D eigenvalue weighted by molar-refractivity contribution is 5.75. The molecule has 0 atom stereocenters. The van der Waals surface area contributed by atoms with E-state index >= 15 is 0 Å². The Morgan fingerprint density at radius 2 is 1.47 bits per heavy atom. The molecule has 2 heteroatoms. The zero-order chi connectivity index (χ0) is 11.4. The summed E-state index contributed by atoms with van der Waals surface area (Å²) in [6, 6.07) is 0. The van der Waals surface area contributed by atoms with Crippen molar-refractivity contribution in [3.8, 4) is 0 Å². The average Bonchev–Trinajstić information content (AvgIpc) is 2.23. The lowest BCUT2D eigenvalue weighted by Gasteiger charge is -2.04. The smallest absolute Gasteiger partial charge is 0.219 e. The highest BCUT2D eigenvalue weighted by Gasteiger charge is 1.98. The number of unbranched alkanes of at least 4 members (excludes halogenated alkanes) is 6. The summed E-state index contributed by atoms with van der Waals surface area (Å²) in [7, 11) is 0. The Morgan fingerprint density at radius 3 is 2.13 bits per heavy atom. The molecule has 0 aromatic carbocycles. The second-order valence-electron chi connectivity index (χ2n) is 4.22. The fourth-order valence-electron chi connectivity index (χ4n) is 1.58. The van der Waals surface area contributed by atoms with Crippen LogP contribution < -0.4 is 5.32 Å². The number of nitrogens with one attached hydrogen (secondary N) is 1. The van der Waals surface area contributed by atoms with Crippen LogP contribution in [0.4, 0.5) is 0 Å². The molecule has 2 nitrogen and oxygen atoms in total. The monoisotopic (exact) mass is 213 g/mol. The maximum Gasteiger partial charge on any atom is 0.219 e. The van der Waals surface area contributed by atoms with E-state index in [1.54, 1.807) is 0 Å². The van der Waals surface area contributed by atoms with Crippen LogP contribution in [0.1, 0.15) is 71.6 Å². The van der Waals surface area contributed by atoms with Gasteiger partial charge in [-0.2, -0.15) is 0 Å². The predicted octanol–water partition coefficient (Wildman–Crippen LogP) is 3.65. The second kappa shape index (κ2) is 11.5. The Kier molecular flexibility index (Phi) is 11.1. The number of rotatable bonds is 10. The maximum absolute atomic E-state index is 11.3. The molecule has 0 fully saturated rings. The molecule has 0 aliphatic carbocycles. The minimum atomic E-state index is 0.235. The summed E-state index contributed by atoms with van der Waals surface area (Å²) in [6.45, 7) is 5.25. The molecule has 0 radical (unpaired) electrons. The topological polar surface area (TPSA) is 29.1 Å². The molecule has 0 aromatic heterocycles. The first-order chi connectivity index (χ1) is 7.31. The van der Waals surface area contributed by atoms with E-state index in [9.17, 15) is 4.79 Å². The standard InChI is InChI=1S/C13H27NO/c1-3-5-7-8-10-12-14-13(15)11-9-6-4-2/h3-12H2,1-2H3,(H,14,15). The minimum Gasteiger partial charge on any atom is -0.356 e. The highest BCUT2D eigenvalue weighted by Crippen LogP contribution is 2.02. The van der Waals surface area contributed by atoms with E-state index in [1.807, 2.05) is 0 Å². The van der Waals surface area contributed by atoms with E-state index in [2.05, 4.69) is 19.2 Å². The molecule has 0 saturated heterocycles. The second-order valence-corrected chi connectivity index (χ2v) is 4.22.